The molecule has 0 radical (unpaired) electrons. The van der Waals surface area contributed by atoms with Crippen LogP contribution in [0.2, 0.25) is 0 Å². The van der Waals surface area contributed by atoms with E-state index in [1.807, 2.05) is 6.07 Å². The molecule has 1 saturated carbocycles. The van der Waals surface area contributed by atoms with Gasteiger partial charge in [0.15, 0.2) is 0 Å². The quantitative estimate of drug-likeness (QED) is 0.847. The van der Waals surface area contributed by atoms with Crippen molar-refractivity contribution in [3.05, 3.63) is 24.0 Å². The van der Waals surface area contributed by atoms with Crippen LogP contribution < -0.4 is 5.32 Å². The maximum Gasteiger partial charge on any atom is 0.132 e. The fourth-order valence-corrected chi connectivity index (χ4v) is 3.91. The summed E-state index contributed by atoms with van der Waals surface area (Å²) in [5, 5.41) is 9.19. The maximum atomic E-state index is 13.4. The lowest BCUT2D eigenvalue weighted by molar-refractivity contribution is 0.223. The van der Waals surface area contributed by atoms with Gasteiger partial charge in [0.1, 0.15) is 11.6 Å². The largest absolute Gasteiger partial charge is 0.370 e. The number of halogens is 1. The Balaban J connectivity index is 1.78. The number of fused-ring (bicyclic) bond motifs is 3. The van der Waals surface area contributed by atoms with Crippen LogP contribution >= 0.6 is 0 Å². The Morgan fingerprint density at radius 2 is 2.00 bits per heavy atom. The van der Waals surface area contributed by atoms with Crippen molar-refractivity contribution in [3.63, 3.8) is 0 Å². The zero-order valence-corrected chi connectivity index (χ0v) is 11.6. The molecule has 1 fully saturated rings. The fraction of sp³-hybridized carbons (Fsp3) is 0.562. The Morgan fingerprint density at radius 3 is 2.85 bits per heavy atom. The second kappa shape index (κ2) is 4.76. The van der Waals surface area contributed by atoms with Crippen LogP contribution in [-0.4, -0.2) is 16.3 Å². The summed E-state index contributed by atoms with van der Waals surface area (Å²) in [6.45, 7) is 0.999. The Kier molecular flexibility index (Phi) is 2.90. The van der Waals surface area contributed by atoms with Crippen LogP contribution in [0, 0.1) is 11.7 Å². The van der Waals surface area contributed by atoms with Crippen LogP contribution in [0.1, 0.15) is 44.6 Å². The van der Waals surface area contributed by atoms with Crippen molar-refractivity contribution in [2.45, 2.75) is 44.6 Å². The van der Waals surface area contributed by atoms with E-state index in [4.69, 9.17) is 0 Å². The SMILES string of the molecule is Fc1ccc2c3n(nc2c1)C(C1CCCCC1)CCN3. The van der Waals surface area contributed by atoms with Crippen molar-refractivity contribution >= 4 is 16.7 Å². The average molecular weight is 273 g/mol. The van der Waals surface area contributed by atoms with E-state index in [1.54, 1.807) is 6.07 Å². The van der Waals surface area contributed by atoms with Crippen LogP contribution in [0.15, 0.2) is 18.2 Å². The molecule has 1 aromatic carbocycles. The van der Waals surface area contributed by atoms with Gasteiger partial charge in [-0.1, -0.05) is 19.3 Å². The molecule has 4 heteroatoms. The van der Waals surface area contributed by atoms with E-state index in [1.165, 1.54) is 38.2 Å². The molecule has 1 unspecified atom stereocenters. The first-order valence-corrected chi connectivity index (χ1v) is 7.74. The van der Waals surface area contributed by atoms with E-state index in [2.05, 4.69) is 15.1 Å². The molecule has 1 atom stereocenters. The predicted octanol–water partition coefficient (Wildman–Crippen LogP) is 4.11. The molecular formula is C16H20FN3. The molecule has 1 N–H and O–H groups in total. The molecular weight excluding hydrogens is 253 g/mol. The zero-order chi connectivity index (χ0) is 13.5. The minimum atomic E-state index is -0.206. The van der Waals surface area contributed by atoms with Crippen molar-refractivity contribution in [1.82, 2.24) is 9.78 Å². The van der Waals surface area contributed by atoms with Crippen LogP contribution in [0.3, 0.4) is 0 Å². The standard InChI is InChI=1S/C16H20FN3/c17-12-6-7-13-14(10-12)19-20-15(8-9-18-16(13)20)11-4-2-1-3-5-11/h6-7,10-11,15,18H,1-5,8-9H2. The monoisotopic (exact) mass is 273 g/mol. The molecule has 20 heavy (non-hydrogen) atoms. The molecule has 0 saturated heterocycles. The van der Waals surface area contributed by atoms with Gasteiger partial charge < -0.3 is 5.32 Å². The Morgan fingerprint density at radius 1 is 1.15 bits per heavy atom. The number of aromatic nitrogens is 2. The summed E-state index contributed by atoms with van der Waals surface area (Å²) in [4.78, 5) is 0. The number of benzene rings is 1. The van der Waals surface area contributed by atoms with Crippen molar-refractivity contribution in [3.8, 4) is 0 Å². The highest BCUT2D eigenvalue weighted by Gasteiger charge is 2.30. The first kappa shape index (κ1) is 12.2. The second-order valence-corrected chi connectivity index (χ2v) is 6.14. The first-order valence-electron chi connectivity index (χ1n) is 7.74. The summed E-state index contributed by atoms with van der Waals surface area (Å²) >= 11 is 0. The molecule has 0 amide bonds. The Bertz CT molecular complexity index is 628. The molecule has 2 heterocycles. The van der Waals surface area contributed by atoms with E-state index in [-0.39, 0.29) is 5.82 Å². The molecule has 0 bridgehead atoms. The number of anilines is 1. The second-order valence-electron chi connectivity index (χ2n) is 6.14. The van der Waals surface area contributed by atoms with Gasteiger partial charge in [-0.25, -0.2) is 9.07 Å². The zero-order valence-electron chi connectivity index (χ0n) is 11.6. The Labute approximate surface area is 118 Å². The summed E-state index contributed by atoms with van der Waals surface area (Å²) in [6, 6.07) is 5.40. The van der Waals surface area contributed by atoms with Gasteiger partial charge in [0.05, 0.1) is 11.6 Å². The third-order valence-corrected chi connectivity index (χ3v) is 4.90. The summed E-state index contributed by atoms with van der Waals surface area (Å²) in [6.07, 6.45) is 7.83. The van der Waals surface area contributed by atoms with Crippen molar-refractivity contribution in [1.29, 1.82) is 0 Å². The van der Waals surface area contributed by atoms with E-state index in [0.29, 0.717) is 6.04 Å². The normalized spacial score (nSPS) is 23.6. The third kappa shape index (κ3) is 1.89. The van der Waals surface area contributed by atoms with Crippen molar-refractivity contribution < 1.29 is 4.39 Å². The lowest BCUT2D eigenvalue weighted by atomic mass is 9.82. The van der Waals surface area contributed by atoms with Gasteiger partial charge in [-0.05, 0) is 37.3 Å². The smallest absolute Gasteiger partial charge is 0.132 e. The minimum absolute atomic E-state index is 0.206. The summed E-state index contributed by atoms with van der Waals surface area (Å²) in [5.74, 6) is 1.62. The molecule has 0 spiro atoms. The molecule has 2 aromatic rings. The van der Waals surface area contributed by atoms with E-state index < -0.39 is 0 Å². The van der Waals surface area contributed by atoms with Crippen molar-refractivity contribution in [2.24, 2.45) is 5.92 Å². The van der Waals surface area contributed by atoms with Gasteiger partial charge in [-0.15, -0.1) is 0 Å². The van der Waals surface area contributed by atoms with Crippen LogP contribution in [0.5, 0.6) is 0 Å². The van der Waals surface area contributed by atoms with Crippen molar-refractivity contribution in [2.75, 3.05) is 11.9 Å². The fourth-order valence-electron chi connectivity index (χ4n) is 3.91. The highest BCUT2D eigenvalue weighted by molar-refractivity contribution is 5.90. The summed E-state index contributed by atoms with van der Waals surface area (Å²) < 4.78 is 15.5. The van der Waals surface area contributed by atoms with Crippen LogP contribution in [-0.2, 0) is 0 Å². The number of nitrogens with zero attached hydrogens (tertiary/aromatic N) is 2. The maximum absolute atomic E-state index is 13.4. The lowest BCUT2D eigenvalue weighted by Crippen LogP contribution is -2.30. The number of hydrogen-bond donors (Lipinski definition) is 1. The van der Waals surface area contributed by atoms with Gasteiger partial charge in [0.25, 0.3) is 0 Å². The highest BCUT2D eigenvalue weighted by atomic mass is 19.1. The van der Waals surface area contributed by atoms with E-state index in [9.17, 15) is 4.39 Å². The van der Waals surface area contributed by atoms with Gasteiger partial charge in [-0.2, -0.15) is 5.10 Å². The number of nitrogens with one attached hydrogen (secondary N) is 1. The molecule has 106 valence electrons. The van der Waals surface area contributed by atoms with Gasteiger partial charge >= 0.3 is 0 Å². The molecule has 4 rings (SSSR count). The van der Waals surface area contributed by atoms with E-state index in [0.717, 1.165) is 35.6 Å². The van der Waals surface area contributed by atoms with Gasteiger partial charge in [-0.3, -0.25) is 0 Å². The predicted molar refractivity (Wildman–Crippen MR) is 78.4 cm³/mol. The van der Waals surface area contributed by atoms with Gasteiger partial charge in [0, 0.05) is 18.0 Å². The number of rotatable bonds is 1. The molecule has 1 aliphatic heterocycles. The van der Waals surface area contributed by atoms with Crippen LogP contribution in [0.4, 0.5) is 10.2 Å². The molecule has 1 aliphatic carbocycles. The molecule has 2 aliphatic rings. The summed E-state index contributed by atoms with van der Waals surface area (Å²) in [5.41, 5.74) is 0.773. The Hall–Kier alpha value is -1.58. The van der Waals surface area contributed by atoms with E-state index >= 15 is 0 Å². The third-order valence-electron chi connectivity index (χ3n) is 4.90. The number of hydrogen-bond acceptors (Lipinski definition) is 2. The lowest BCUT2D eigenvalue weighted by Gasteiger charge is -2.34. The van der Waals surface area contributed by atoms with Crippen LogP contribution in [0.25, 0.3) is 10.9 Å². The highest BCUT2D eigenvalue weighted by Crippen LogP contribution is 2.40. The molecule has 3 nitrogen and oxygen atoms in total. The average Bonchev–Trinajstić information content (AvgIpc) is 2.85. The minimum Gasteiger partial charge on any atom is -0.370 e. The summed E-state index contributed by atoms with van der Waals surface area (Å²) in [7, 11) is 0. The first-order chi connectivity index (χ1) is 9.83. The van der Waals surface area contributed by atoms with Gasteiger partial charge in [0.2, 0.25) is 0 Å². The topological polar surface area (TPSA) is 29.9 Å². The molecule has 1 aromatic heterocycles.